The van der Waals surface area contributed by atoms with Crippen molar-refractivity contribution in [3.63, 3.8) is 0 Å². The van der Waals surface area contributed by atoms with Crippen LogP contribution >= 0.6 is 0 Å². The van der Waals surface area contributed by atoms with E-state index in [4.69, 9.17) is 14.3 Å². The highest BCUT2D eigenvalue weighted by atomic mass is 16.5. The molecule has 0 saturated carbocycles. The van der Waals surface area contributed by atoms with Gasteiger partial charge in [-0.15, -0.1) is 0 Å². The fraction of sp³-hybridized carbons (Fsp3) is 0.0667. The van der Waals surface area contributed by atoms with Gasteiger partial charge in [-0.3, -0.25) is 4.79 Å². The first kappa shape index (κ1) is 13.6. The number of hydrogen-bond donors (Lipinski definition) is 1. The molecule has 102 valence electrons. The Labute approximate surface area is 114 Å². The maximum Gasteiger partial charge on any atom is 0.328 e. The summed E-state index contributed by atoms with van der Waals surface area (Å²) in [6.07, 6.45) is 3.82. The predicted octanol–water partition coefficient (Wildman–Crippen LogP) is 2.84. The van der Waals surface area contributed by atoms with Crippen molar-refractivity contribution in [3.05, 3.63) is 64.2 Å². The summed E-state index contributed by atoms with van der Waals surface area (Å²) >= 11 is 0. The van der Waals surface area contributed by atoms with Gasteiger partial charge in [-0.2, -0.15) is 0 Å². The average molecular weight is 272 g/mol. The predicted molar refractivity (Wildman–Crippen MR) is 72.9 cm³/mol. The summed E-state index contributed by atoms with van der Waals surface area (Å²) in [6.45, 7) is 1.64. The molecule has 0 bridgehead atoms. The van der Waals surface area contributed by atoms with Crippen molar-refractivity contribution in [3.8, 4) is 11.5 Å². The van der Waals surface area contributed by atoms with E-state index in [-0.39, 0.29) is 11.2 Å². The van der Waals surface area contributed by atoms with Crippen LogP contribution in [-0.2, 0) is 4.79 Å². The third kappa shape index (κ3) is 3.35. The van der Waals surface area contributed by atoms with Crippen LogP contribution in [0, 0.1) is 6.92 Å². The van der Waals surface area contributed by atoms with Gasteiger partial charge in [-0.1, -0.05) is 12.1 Å². The Morgan fingerprint density at radius 2 is 1.95 bits per heavy atom. The van der Waals surface area contributed by atoms with Crippen molar-refractivity contribution >= 4 is 12.0 Å². The van der Waals surface area contributed by atoms with Crippen LogP contribution in [0.3, 0.4) is 0 Å². The molecule has 0 aliphatic rings. The molecule has 0 spiro atoms. The fourth-order valence-electron chi connectivity index (χ4n) is 1.56. The van der Waals surface area contributed by atoms with Crippen molar-refractivity contribution < 1.29 is 19.1 Å². The number of aliphatic carboxylic acids is 1. The number of carbonyl (C=O) groups is 1. The van der Waals surface area contributed by atoms with Gasteiger partial charge < -0.3 is 14.3 Å². The summed E-state index contributed by atoms with van der Waals surface area (Å²) in [7, 11) is 0. The summed E-state index contributed by atoms with van der Waals surface area (Å²) in [5.74, 6) is -0.00408. The van der Waals surface area contributed by atoms with Crippen molar-refractivity contribution in [2.45, 2.75) is 6.92 Å². The van der Waals surface area contributed by atoms with Gasteiger partial charge in [0.05, 0.1) is 6.26 Å². The second kappa shape index (κ2) is 5.88. The van der Waals surface area contributed by atoms with Crippen molar-refractivity contribution in [1.29, 1.82) is 0 Å². The SMILES string of the molecule is Cc1occc(=O)c1Oc1ccc(C=CC(=O)O)cc1. The van der Waals surface area contributed by atoms with Gasteiger partial charge in [0.25, 0.3) is 0 Å². The second-order valence-electron chi connectivity index (χ2n) is 4.01. The van der Waals surface area contributed by atoms with Crippen LogP contribution in [0.1, 0.15) is 11.3 Å². The largest absolute Gasteiger partial charge is 0.478 e. The zero-order valence-electron chi connectivity index (χ0n) is 10.7. The molecule has 20 heavy (non-hydrogen) atoms. The molecule has 1 aromatic carbocycles. The minimum atomic E-state index is -1.01. The van der Waals surface area contributed by atoms with E-state index in [9.17, 15) is 9.59 Å². The fourth-order valence-corrected chi connectivity index (χ4v) is 1.56. The van der Waals surface area contributed by atoms with Gasteiger partial charge in [0.1, 0.15) is 11.5 Å². The topological polar surface area (TPSA) is 76.7 Å². The minimum absolute atomic E-state index is 0.140. The van der Waals surface area contributed by atoms with E-state index in [0.717, 1.165) is 11.6 Å². The van der Waals surface area contributed by atoms with Gasteiger partial charge in [0, 0.05) is 12.1 Å². The van der Waals surface area contributed by atoms with Crippen LogP contribution in [-0.4, -0.2) is 11.1 Å². The molecule has 0 aliphatic heterocycles. The van der Waals surface area contributed by atoms with Crippen LogP contribution in [0.2, 0.25) is 0 Å². The van der Waals surface area contributed by atoms with E-state index in [1.54, 1.807) is 31.2 Å². The normalized spacial score (nSPS) is 10.7. The average Bonchev–Trinajstić information content (AvgIpc) is 2.42. The van der Waals surface area contributed by atoms with Gasteiger partial charge in [-0.25, -0.2) is 4.79 Å². The standard InChI is InChI=1S/C15H12O5/c1-10-15(13(16)8-9-19-10)20-12-5-2-11(3-6-12)4-7-14(17)18/h2-9H,1H3,(H,17,18). The van der Waals surface area contributed by atoms with Crippen LogP contribution in [0.5, 0.6) is 11.5 Å². The molecule has 0 radical (unpaired) electrons. The summed E-state index contributed by atoms with van der Waals surface area (Å²) in [6, 6.07) is 7.95. The lowest BCUT2D eigenvalue weighted by atomic mass is 10.2. The highest BCUT2D eigenvalue weighted by molar-refractivity contribution is 5.85. The molecule has 0 atom stereocenters. The molecule has 1 aromatic heterocycles. The molecule has 0 aliphatic carbocycles. The van der Waals surface area contributed by atoms with Crippen LogP contribution < -0.4 is 10.2 Å². The van der Waals surface area contributed by atoms with Gasteiger partial charge in [0.15, 0.2) is 0 Å². The zero-order chi connectivity index (χ0) is 14.5. The number of benzene rings is 1. The Balaban J connectivity index is 2.19. The highest BCUT2D eigenvalue weighted by Gasteiger charge is 2.07. The van der Waals surface area contributed by atoms with Crippen LogP contribution in [0.15, 0.2) is 51.9 Å². The Morgan fingerprint density at radius 1 is 1.25 bits per heavy atom. The number of hydrogen-bond acceptors (Lipinski definition) is 4. The number of carboxylic acids is 1. The summed E-state index contributed by atoms with van der Waals surface area (Å²) in [5.41, 5.74) is 0.458. The second-order valence-corrected chi connectivity index (χ2v) is 4.01. The third-order valence-corrected chi connectivity index (χ3v) is 2.53. The maximum atomic E-state index is 11.6. The third-order valence-electron chi connectivity index (χ3n) is 2.53. The Kier molecular flexibility index (Phi) is 4.00. The molecule has 2 rings (SSSR count). The molecule has 1 N–H and O–H groups in total. The van der Waals surface area contributed by atoms with Gasteiger partial charge >= 0.3 is 5.97 Å². The number of ether oxygens (including phenoxy) is 1. The van der Waals surface area contributed by atoms with Gasteiger partial charge in [0.2, 0.25) is 11.2 Å². The molecule has 0 saturated heterocycles. The monoisotopic (exact) mass is 272 g/mol. The van der Waals surface area contributed by atoms with Crippen LogP contribution in [0.25, 0.3) is 6.08 Å². The molecular formula is C15H12O5. The van der Waals surface area contributed by atoms with Crippen molar-refractivity contribution in [1.82, 2.24) is 0 Å². The molecule has 1 heterocycles. The Hall–Kier alpha value is -2.82. The molecule has 2 aromatic rings. The van der Waals surface area contributed by atoms with E-state index in [1.807, 2.05) is 0 Å². The summed E-state index contributed by atoms with van der Waals surface area (Å²) in [4.78, 5) is 22.0. The van der Waals surface area contributed by atoms with E-state index >= 15 is 0 Å². The van der Waals surface area contributed by atoms with Crippen molar-refractivity contribution in [2.24, 2.45) is 0 Å². The Morgan fingerprint density at radius 3 is 2.55 bits per heavy atom. The number of aryl methyl sites for hydroxylation is 1. The van der Waals surface area contributed by atoms with Crippen molar-refractivity contribution in [2.75, 3.05) is 0 Å². The van der Waals surface area contributed by atoms with E-state index < -0.39 is 5.97 Å². The molecular weight excluding hydrogens is 260 g/mol. The molecule has 0 unspecified atom stereocenters. The first-order valence-corrected chi connectivity index (χ1v) is 5.83. The Bertz CT molecular complexity index is 695. The first-order valence-electron chi connectivity index (χ1n) is 5.83. The van der Waals surface area contributed by atoms with Gasteiger partial charge in [-0.05, 0) is 30.7 Å². The summed E-state index contributed by atoms with van der Waals surface area (Å²) < 4.78 is 10.6. The molecule has 0 fully saturated rings. The lowest BCUT2D eigenvalue weighted by molar-refractivity contribution is -0.131. The number of rotatable bonds is 4. The molecule has 5 nitrogen and oxygen atoms in total. The smallest absolute Gasteiger partial charge is 0.328 e. The van der Waals surface area contributed by atoms with E-state index in [1.165, 1.54) is 18.4 Å². The maximum absolute atomic E-state index is 11.6. The summed E-state index contributed by atoms with van der Waals surface area (Å²) in [5, 5.41) is 8.53. The minimum Gasteiger partial charge on any atom is -0.478 e. The lowest BCUT2D eigenvalue weighted by Crippen LogP contribution is -2.04. The van der Waals surface area contributed by atoms with Crippen LogP contribution in [0.4, 0.5) is 0 Å². The first-order chi connectivity index (χ1) is 9.56. The lowest BCUT2D eigenvalue weighted by Gasteiger charge is -2.06. The van der Waals surface area contributed by atoms with E-state index in [2.05, 4.69) is 0 Å². The number of carboxylic acid groups (broad SMARTS) is 1. The highest BCUT2D eigenvalue weighted by Crippen LogP contribution is 2.21. The molecule has 5 heteroatoms. The zero-order valence-corrected chi connectivity index (χ0v) is 10.7. The molecule has 0 amide bonds. The quantitative estimate of drug-likeness (QED) is 0.866. The van der Waals surface area contributed by atoms with E-state index in [0.29, 0.717) is 11.5 Å².